The van der Waals surface area contributed by atoms with E-state index >= 15 is 0 Å². The molecule has 1 aromatic carbocycles. The zero-order valence-corrected chi connectivity index (χ0v) is 12.7. The van der Waals surface area contributed by atoms with Crippen molar-refractivity contribution in [2.24, 2.45) is 0 Å². The van der Waals surface area contributed by atoms with E-state index in [0.717, 1.165) is 17.4 Å². The number of benzene rings is 1. The average Bonchev–Trinajstić information content (AvgIpc) is 2.94. The number of ether oxygens (including phenoxy) is 1. The third-order valence-electron chi connectivity index (χ3n) is 2.69. The fourth-order valence-corrected chi connectivity index (χ4v) is 2.68. The van der Waals surface area contributed by atoms with Crippen molar-refractivity contribution in [3.63, 3.8) is 0 Å². The van der Waals surface area contributed by atoms with Crippen molar-refractivity contribution in [3.8, 4) is 0 Å². The summed E-state index contributed by atoms with van der Waals surface area (Å²) in [5.41, 5.74) is 0.137. The van der Waals surface area contributed by atoms with Crippen LogP contribution in [0.15, 0.2) is 29.6 Å². The highest BCUT2D eigenvalue weighted by molar-refractivity contribution is 7.12. The minimum Gasteiger partial charge on any atom is -0.465 e. The molecule has 1 aromatic heterocycles. The number of thiophene rings is 1. The number of non-ortho nitro benzene ring substituents is 1. The van der Waals surface area contributed by atoms with Crippen LogP contribution < -0.4 is 5.32 Å². The number of halogens is 1. The average molecular weight is 341 g/mol. The fourth-order valence-electron chi connectivity index (χ4n) is 1.65. The summed E-state index contributed by atoms with van der Waals surface area (Å²) in [6, 6.07) is 5.06. The van der Waals surface area contributed by atoms with Gasteiger partial charge < -0.3 is 10.1 Å². The first-order valence-electron chi connectivity index (χ1n) is 5.85. The van der Waals surface area contributed by atoms with Gasteiger partial charge in [0, 0.05) is 12.1 Å². The van der Waals surface area contributed by atoms with Crippen molar-refractivity contribution in [1.82, 2.24) is 0 Å². The van der Waals surface area contributed by atoms with Crippen LogP contribution in [-0.4, -0.2) is 23.9 Å². The minimum absolute atomic E-state index is 0.0541. The maximum atomic E-state index is 12.2. The number of nitro benzene ring substituents is 1. The first-order valence-corrected chi connectivity index (χ1v) is 7.11. The highest BCUT2D eigenvalue weighted by Gasteiger charge is 2.19. The maximum absolute atomic E-state index is 12.2. The Morgan fingerprint density at radius 2 is 2.09 bits per heavy atom. The lowest BCUT2D eigenvalue weighted by molar-refractivity contribution is -0.384. The van der Waals surface area contributed by atoms with E-state index in [9.17, 15) is 19.7 Å². The first kappa shape index (κ1) is 15.9. The van der Waals surface area contributed by atoms with Crippen LogP contribution in [0.25, 0.3) is 0 Å². The summed E-state index contributed by atoms with van der Waals surface area (Å²) in [4.78, 5) is 34.0. The molecule has 2 rings (SSSR count). The first-order chi connectivity index (χ1) is 10.4. The van der Waals surface area contributed by atoms with E-state index < -0.39 is 16.8 Å². The largest absolute Gasteiger partial charge is 0.465 e. The van der Waals surface area contributed by atoms with Crippen LogP contribution in [0.5, 0.6) is 0 Å². The quantitative estimate of drug-likeness (QED) is 0.522. The van der Waals surface area contributed by atoms with Gasteiger partial charge in [-0.25, -0.2) is 4.79 Å². The molecule has 114 valence electrons. The molecule has 0 atom stereocenters. The smallest absolute Gasteiger partial charge is 0.350 e. The molecule has 9 heteroatoms. The maximum Gasteiger partial charge on any atom is 0.350 e. The molecule has 2 aromatic rings. The van der Waals surface area contributed by atoms with Crippen molar-refractivity contribution in [1.29, 1.82) is 0 Å². The predicted molar refractivity (Wildman–Crippen MR) is 81.7 cm³/mol. The number of rotatable bonds is 4. The van der Waals surface area contributed by atoms with E-state index in [2.05, 4.69) is 10.1 Å². The lowest BCUT2D eigenvalue weighted by atomic mass is 10.2. The number of nitrogens with zero attached hydrogens (tertiary/aromatic N) is 1. The summed E-state index contributed by atoms with van der Waals surface area (Å²) in [6.45, 7) is 0. The van der Waals surface area contributed by atoms with Gasteiger partial charge >= 0.3 is 5.97 Å². The molecule has 0 fully saturated rings. The van der Waals surface area contributed by atoms with Gasteiger partial charge in [0.2, 0.25) is 0 Å². The number of carbonyl (C=O) groups is 2. The zero-order chi connectivity index (χ0) is 16.3. The second-order valence-corrected chi connectivity index (χ2v) is 5.35. The lowest BCUT2D eigenvalue weighted by Gasteiger charge is -2.07. The Bertz CT molecular complexity index is 759. The second kappa shape index (κ2) is 6.54. The number of amides is 1. The van der Waals surface area contributed by atoms with Gasteiger partial charge in [-0.15, -0.1) is 11.3 Å². The number of nitrogens with one attached hydrogen (secondary N) is 1. The molecular weight excluding hydrogens is 332 g/mol. The topological polar surface area (TPSA) is 98.5 Å². The van der Waals surface area contributed by atoms with Crippen LogP contribution in [-0.2, 0) is 4.74 Å². The number of hydrogen-bond donors (Lipinski definition) is 1. The van der Waals surface area contributed by atoms with Gasteiger partial charge in [-0.1, -0.05) is 11.6 Å². The van der Waals surface area contributed by atoms with Gasteiger partial charge in [0.1, 0.15) is 4.88 Å². The van der Waals surface area contributed by atoms with E-state index in [1.54, 1.807) is 11.4 Å². The fraction of sp³-hybridized carbons (Fsp3) is 0.0769. The summed E-state index contributed by atoms with van der Waals surface area (Å²) in [7, 11) is 1.24. The van der Waals surface area contributed by atoms with Gasteiger partial charge in [0.05, 0.1) is 28.3 Å². The van der Waals surface area contributed by atoms with Crippen LogP contribution in [0, 0.1) is 10.1 Å². The second-order valence-electron chi connectivity index (χ2n) is 4.03. The molecule has 1 heterocycles. The summed E-state index contributed by atoms with van der Waals surface area (Å²) in [6.07, 6.45) is 0. The summed E-state index contributed by atoms with van der Waals surface area (Å²) in [5.74, 6) is -1.15. The number of methoxy groups -OCH3 is 1. The van der Waals surface area contributed by atoms with Crippen molar-refractivity contribution in [3.05, 3.63) is 55.2 Å². The number of hydrogen-bond acceptors (Lipinski definition) is 6. The van der Waals surface area contributed by atoms with Gasteiger partial charge in [-0.2, -0.15) is 0 Å². The molecule has 0 radical (unpaired) electrons. The van der Waals surface area contributed by atoms with E-state index in [1.165, 1.54) is 19.2 Å². The SMILES string of the molecule is COC(=O)c1sccc1NC(=O)c1ccc([N+](=O)[O-])cc1Cl. The Labute approximate surface area is 133 Å². The summed E-state index contributed by atoms with van der Waals surface area (Å²) >= 11 is 7.00. The Morgan fingerprint density at radius 3 is 2.68 bits per heavy atom. The zero-order valence-electron chi connectivity index (χ0n) is 11.2. The molecule has 0 unspecified atom stereocenters. The van der Waals surface area contributed by atoms with E-state index in [-0.39, 0.29) is 26.8 Å². The standard InChI is InChI=1S/C13H9ClN2O5S/c1-21-13(18)11-10(4-5-22-11)15-12(17)8-3-2-7(16(19)20)6-9(8)14/h2-6H,1H3,(H,15,17). The molecule has 0 aliphatic rings. The number of anilines is 1. The summed E-state index contributed by atoms with van der Waals surface area (Å²) in [5, 5.41) is 14.7. The molecule has 7 nitrogen and oxygen atoms in total. The van der Waals surface area contributed by atoms with E-state index in [4.69, 9.17) is 11.6 Å². The van der Waals surface area contributed by atoms with Crippen LogP contribution in [0.3, 0.4) is 0 Å². The van der Waals surface area contributed by atoms with Gasteiger partial charge in [0.15, 0.2) is 0 Å². The normalized spacial score (nSPS) is 10.1. The number of nitro groups is 1. The molecular formula is C13H9ClN2O5S. The Morgan fingerprint density at radius 1 is 1.36 bits per heavy atom. The van der Waals surface area contributed by atoms with Crippen molar-refractivity contribution >= 4 is 46.2 Å². The van der Waals surface area contributed by atoms with E-state index in [0.29, 0.717) is 0 Å². The highest BCUT2D eigenvalue weighted by Crippen LogP contribution is 2.26. The predicted octanol–water partition coefficient (Wildman–Crippen LogP) is 3.35. The van der Waals surface area contributed by atoms with Gasteiger partial charge in [0.25, 0.3) is 11.6 Å². The third kappa shape index (κ3) is 3.23. The van der Waals surface area contributed by atoms with Crippen molar-refractivity contribution < 1.29 is 19.2 Å². The van der Waals surface area contributed by atoms with Gasteiger partial charge in [-0.05, 0) is 17.5 Å². The number of esters is 1. The highest BCUT2D eigenvalue weighted by atomic mass is 35.5. The monoisotopic (exact) mass is 340 g/mol. The molecule has 1 amide bonds. The molecule has 1 N–H and O–H groups in total. The van der Waals surface area contributed by atoms with Gasteiger partial charge in [-0.3, -0.25) is 14.9 Å². The van der Waals surface area contributed by atoms with Crippen molar-refractivity contribution in [2.75, 3.05) is 12.4 Å². The van der Waals surface area contributed by atoms with Crippen LogP contribution in [0.2, 0.25) is 5.02 Å². The Hall–Kier alpha value is -2.45. The third-order valence-corrected chi connectivity index (χ3v) is 3.90. The molecule has 0 saturated heterocycles. The molecule has 0 bridgehead atoms. The molecule has 0 aliphatic carbocycles. The lowest BCUT2D eigenvalue weighted by Crippen LogP contribution is -2.14. The molecule has 0 saturated carbocycles. The minimum atomic E-state index is -0.609. The Kier molecular flexibility index (Phi) is 4.74. The summed E-state index contributed by atoms with van der Waals surface area (Å²) < 4.78 is 4.61. The number of carbonyl (C=O) groups excluding carboxylic acids is 2. The molecule has 0 spiro atoms. The van der Waals surface area contributed by atoms with Crippen LogP contribution >= 0.6 is 22.9 Å². The van der Waals surface area contributed by atoms with Crippen LogP contribution in [0.4, 0.5) is 11.4 Å². The molecule has 0 aliphatic heterocycles. The van der Waals surface area contributed by atoms with Crippen LogP contribution in [0.1, 0.15) is 20.0 Å². The van der Waals surface area contributed by atoms with Crippen molar-refractivity contribution in [2.45, 2.75) is 0 Å². The Balaban J connectivity index is 2.25. The van der Waals surface area contributed by atoms with E-state index in [1.807, 2.05) is 0 Å². The molecule has 22 heavy (non-hydrogen) atoms.